The van der Waals surface area contributed by atoms with Crippen molar-refractivity contribution < 1.29 is 12.8 Å². The van der Waals surface area contributed by atoms with Gasteiger partial charge in [-0.05, 0) is 30.5 Å². The van der Waals surface area contributed by atoms with Crippen molar-refractivity contribution in [3.8, 4) is 0 Å². The van der Waals surface area contributed by atoms with Crippen LogP contribution in [0.5, 0.6) is 0 Å². The Balaban J connectivity index is 2.83. The Morgan fingerprint density at radius 2 is 2.11 bits per heavy atom. The molecule has 0 spiro atoms. The quantitative estimate of drug-likeness (QED) is 0.821. The van der Waals surface area contributed by atoms with Gasteiger partial charge in [0, 0.05) is 12.4 Å². The third-order valence-corrected chi connectivity index (χ3v) is 4.53. The molecule has 1 rings (SSSR count). The van der Waals surface area contributed by atoms with Crippen LogP contribution in [-0.4, -0.2) is 20.8 Å². The highest BCUT2D eigenvalue weighted by atomic mass is 35.5. The first kappa shape index (κ1) is 15.7. The van der Waals surface area contributed by atoms with Crippen LogP contribution in [0, 0.1) is 11.7 Å². The predicted octanol–water partition coefficient (Wildman–Crippen LogP) is 3.02. The maximum absolute atomic E-state index is 13.0. The molecule has 102 valence electrons. The standard InChI is InChI=1S/C11H14Cl2FNO2S/c1-8(4-5-12)7-15-18(16,17)11-6-9(14)2-3-10(11)13/h2-3,6,8,15H,4-5,7H2,1H3. The van der Waals surface area contributed by atoms with Gasteiger partial charge in [0.1, 0.15) is 10.7 Å². The summed E-state index contributed by atoms with van der Waals surface area (Å²) in [6.45, 7) is 2.11. The molecule has 1 N–H and O–H groups in total. The van der Waals surface area contributed by atoms with Crippen LogP contribution in [0.15, 0.2) is 23.1 Å². The molecule has 0 aliphatic rings. The molecule has 1 aromatic carbocycles. The summed E-state index contributed by atoms with van der Waals surface area (Å²) in [6, 6.07) is 3.22. The summed E-state index contributed by atoms with van der Waals surface area (Å²) in [7, 11) is -3.79. The molecule has 0 amide bonds. The van der Waals surface area contributed by atoms with Gasteiger partial charge in [-0.3, -0.25) is 0 Å². The molecule has 18 heavy (non-hydrogen) atoms. The first-order valence-electron chi connectivity index (χ1n) is 5.37. The maximum Gasteiger partial charge on any atom is 0.242 e. The van der Waals surface area contributed by atoms with Gasteiger partial charge in [0.25, 0.3) is 0 Å². The molecule has 3 nitrogen and oxygen atoms in total. The summed E-state index contributed by atoms with van der Waals surface area (Å²) in [5, 5.41) is -0.00565. The summed E-state index contributed by atoms with van der Waals surface area (Å²) in [6.07, 6.45) is 0.695. The fraction of sp³-hybridized carbons (Fsp3) is 0.455. The van der Waals surface area contributed by atoms with Crippen molar-refractivity contribution in [3.05, 3.63) is 29.0 Å². The first-order valence-corrected chi connectivity index (χ1v) is 7.77. The topological polar surface area (TPSA) is 46.2 Å². The first-order chi connectivity index (χ1) is 8.36. The molecule has 0 heterocycles. The molecular formula is C11H14Cl2FNO2S. The Morgan fingerprint density at radius 3 is 2.72 bits per heavy atom. The lowest BCUT2D eigenvalue weighted by Gasteiger charge is -2.12. The van der Waals surface area contributed by atoms with Gasteiger partial charge in [-0.15, -0.1) is 11.6 Å². The molecule has 0 radical (unpaired) electrons. The van der Waals surface area contributed by atoms with Gasteiger partial charge in [0.2, 0.25) is 10.0 Å². The summed E-state index contributed by atoms with van der Waals surface area (Å²) >= 11 is 11.3. The Kier molecular flexibility index (Phi) is 5.85. The second-order valence-corrected chi connectivity index (χ2v) is 6.53. The number of alkyl halides is 1. The molecule has 1 atom stereocenters. The SMILES string of the molecule is CC(CCCl)CNS(=O)(=O)c1cc(F)ccc1Cl. The van der Waals surface area contributed by atoms with Crippen molar-refractivity contribution in [3.63, 3.8) is 0 Å². The van der Waals surface area contributed by atoms with Crippen LogP contribution in [0.3, 0.4) is 0 Å². The van der Waals surface area contributed by atoms with Gasteiger partial charge in [-0.1, -0.05) is 18.5 Å². The van der Waals surface area contributed by atoms with E-state index in [1.807, 2.05) is 6.92 Å². The van der Waals surface area contributed by atoms with Crippen LogP contribution < -0.4 is 4.72 Å². The lowest BCUT2D eigenvalue weighted by atomic mass is 10.1. The van der Waals surface area contributed by atoms with Crippen LogP contribution >= 0.6 is 23.2 Å². The molecule has 0 aliphatic heterocycles. The molecule has 1 unspecified atom stereocenters. The van der Waals surface area contributed by atoms with Crippen LogP contribution in [0.4, 0.5) is 4.39 Å². The molecule has 0 aliphatic carbocycles. The fourth-order valence-corrected chi connectivity index (χ4v) is 3.35. The summed E-state index contributed by atoms with van der Waals surface area (Å²) in [5.74, 6) is -0.0814. The monoisotopic (exact) mass is 313 g/mol. The Hall–Kier alpha value is -0.360. The lowest BCUT2D eigenvalue weighted by molar-refractivity contribution is 0.529. The van der Waals surface area contributed by atoms with Crippen molar-refractivity contribution in [1.82, 2.24) is 4.72 Å². The molecule has 0 saturated carbocycles. The lowest BCUT2D eigenvalue weighted by Crippen LogP contribution is -2.29. The zero-order chi connectivity index (χ0) is 13.8. The van der Waals surface area contributed by atoms with Gasteiger partial charge in [-0.2, -0.15) is 0 Å². The van der Waals surface area contributed by atoms with Crippen LogP contribution in [0.1, 0.15) is 13.3 Å². The third kappa shape index (κ3) is 4.39. The van der Waals surface area contributed by atoms with Crippen LogP contribution in [0.25, 0.3) is 0 Å². The van der Waals surface area contributed by atoms with E-state index in [1.165, 1.54) is 6.07 Å². The molecule has 0 fully saturated rings. The van der Waals surface area contributed by atoms with Crippen molar-refractivity contribution in [2.24, 2.45) is 5.92 Å². The van der Waals surface area contributed by atoms with Crippen molar-refractivity contribution >= 4 is 33.2 Å². The summed E-state index contributed by atoms with van der Waals surface area (Å²) in [4.78, 5) is -0.248. The van der Waals surface area contributed by atoms with E-state index in [0.717, 1.165) is 12.1 Å². The van der Waals surface area contributed by atoms with E-state index in [9.17, 15) is 12.8 Å². The van der Waals surface area contributed by atoms with E-state index in [1.54, 1.807) is 0 Å². The van der Waals surface area contributed by atoms with Crippen molar-refractivity contribution in [2.75, 3.05) is 12.4 Å². The van der Waals surface area contributed by atoms with Gasteiger partial charge >= 0.3 is 0 Å². The van der Waals surface area contributed by atoms with E-state index in [2.05, 4.69) is 4.72 Å². The van der Waals surface area contributed by atoms with E-state index in [-0.39, 0.29) is 22.4 Å². The third-order valence-electron chi connectivity index (χ3n) is 2.41. The van der Waals surface area contributed by atoms with Gasteiger partial charge < -0.3 is 0 Å². The normalized spacial score (nSPS) is 13.6. The summed E-state index contributed by atoms with van der Waals surface area (Å²) < 4.78 is 39.3. The van der Waals surface area contributed by atoms with Gasteiger partial charge in [-0.25, -0.2) is 17.5 Å². The largest absolute Gasteiger partial charge is 0.242 e. The summed E-state index contributed by atoms with van der Waals surface area (Å²) in [5.41, 5.74) is 0. The maximum atomic E-state index is 13.0. The average molecular weight is 314 g/mol. The number of rotatable bonds is 6. The Morgan fingerprint density at radius 1 is 1.44 bits per heavy atom. The number of hydrogen-bond donors (Lipinski definition) is 1. The number of benzene rings is 1. The van der Waals surface area contributed by atoms with E-state index in [0.29, 0.717) is 12.3 Å². The smallest absolute Gasteiger partial charge is 0.211 e. The second-order valence-electron chi connectivity index (χ2n) is 4.01. The highest BCUT2D eigenvalue weighted by Crippen LogP contribution is 2.22. The second kappa shape index (κ2) is 6.70. The molecule has 1 aromatic rings. The van der Waals surface area contributed by atoms with Gasteiger partial charge in [0.05, 0.1) is 5.02 Å². The number of hydrogen-bond acceptors (Lipinski definition) is 2. The number of sulfonamides is 1. The van der Waals surface area contributed by atoms with Gasteiger partial charge in [0.15, 0.2) is 0 Å². The molecular weight excluding hydrogens is 300 g/mol. The molecule has 0 aromatic heterocycles. The van der Waals surface area contributed by atoms with E-state index in [4.69, 9.17) is 23.2 Å². The zero-order valence-corrected chi connectivity index (χ0v) is 12.1. The highest BCUT2D eigenvalue weighted by Gasteiger charge is 2.19. The highest BCUT2D eigenvalue weighted by molar-refractivity contribution is 7.89. The fourth-order valence-electron chi connectivity index (χ4n) is 1.30. The van der Waals surface area contributed by atoms with E-state index >= 15 is 0 Å². The number of nitrogens with one attached hydrogen (secondary N) is 1. The van der Waals surface area contributed by atoms with Crippen LogP contribution in [-0.2, 0) is 10.0 Å². The van der Waals surface area contributed by atoms with Crippen molar-refractivity contribution in [1.29, 1.82) is 0 Å². The number of halogens is 3. The molecule has 7 heteroatoms. The minimum atomic E-state index is -3.79. The minimum absolute atomic E-state index is 0.00565. The molecule has 0 bridgehead atoms. The van der Waals surface area contributed by atoms with Crippen molar-refractivity contribution in [2.45, 2.75) is 18.2 Å². The average Bonchev–Trinajstić information content (AvgIpc) is 2.30. The Bertz CT molecular complexity index is 508. The van der Waals surface area contributed by atoms with E-state index < -0.39 is 15.8 Å². The zero-order valence-electron chi connectivity index (χ0n) is 9.79. The minimum Gasteiger partial charge on any atom is -0.211 e. The Labute approximate surface area is 116 Å². The predicted molar refractivity (Wildman–Crippen MR) is 71.1 cm³/mol. The molecule has 0 saturated heterocycles. The van der Waals surface area contributed by atoms with Crippen LogP contribution in [0.2, 0.25) is 5.02 Å².